The maximum atomic E-state index is 13.7. The van der Waals surface area contributed by atoms with Gasteiger partial charge in [0, 0.05) is 24.2 Å². The molecule has 0 bridgehead atoms. The molecule has 0 unspecified atom stereocenters. The number of hydrogen-bond acceptors (Lipinski definition) is 2. The summed E-state index contributed by atoms with van der Waals surface area (Å²) in [6.07, 6.45) is 5.15. The third-order valence-electron chi connectivity index (χ3n) is 5.50. The first-order chi connectivity index (χ1) is 14.6. The van der Waals surface area contributed by atoms with Gasteiger partial charge in [-0.1, -0.05) is 74.0 Å². The van der Waals surface area contributed by atoms with Crippen molar-refractivity contribution in [3.8, 4) is 11.1 Å². The van der Waals surface area contributed by atoms with Crippen LogP contribution in [0.5, 0.6) is 0 Å². The standard InChI is InChI=1S/C27H25NO2/c1-3-4-10-20-14-16-22(17-15-20)27(30)25-23-13-8-9-18-28(23)26(19(2)29)24(25)21-11-6-5-7-12-21/h5-9,11-18H,3-4,10H2,1-2H3. The van der Waals surface area contributed by atoms with Crippen LogP contribution in [0, 0.1) is 0 Å². The minimum Gasteiger partial charge on any atom is -0.313 e. The number of unbranched alkanes of at least 4 members (excludes halogenated alkanes) is 1. The smallest absolute Gasteiger partial charge is 0.195 e. The van der Waals surface area contributed by atoms with E-state index in [9.17, 15) is 9.59 Å². The van der Waals surface area contributed by atoms with Crippen molar-refractivity contribution in [2.45, 2.75) is 33.1 Å². The molecule has 4 rings (SSSR count). The minimum absolute atomic E-state index is 0.0629. The number of aromatic nitrogens is 1. The van der Waals surface area contributed by atoms with Gasteiger partial charge in [-0.2, -0.15) is 0 Å². The second kappa shape index (κ2) is 8.50. The van der Waals surface area contributed by atoms with Gasteiger partial charge in [0.2, 0.25) is 0 Å². The molecular weight excluding hydrogens is 370 g/mol. The van der Waals surface area contributed by atoms with E-state index in [2.05, 4.69) is 6.92 Å². The van der Waals surface area contributed by atoms with Gasteiger partial charge in [-0.15, -0.1) is 0 Å². The van der Waals surface area contributed by atoms with E-state index < -0.39 is 0 Å². The van der Waals surface area contributed by atoms with E-state index in [1.807, 2.05) is 83.4 Å². The van der Waals surface area contributed by atoms with Gasteiger partial charge in [-0.05, 0) is 36.1 Å². The average Bonchev–Trinajstić information content (AvgIpc) is 3.13. The van der Waals surface area contributed by atoms with Gasteiger partial charge in [-0.3, -0.25) is 9.59 Å². The Morgan fingerprint density at radius 3 is 2.23 bits per heavy atom. The van der Waals surface area contributed by atoms with Gasteiger partial charge in [0.05, 0.1) is 16.8 Å². The molecule has 0 aliphatic rings. The van der Waals surface area contributed by atoms with Crippen molar-refractivity contribution in [1.82, 2.24) is 4.40 Å². The van der Waals surface area contributed by atoms with E-state index in [0.717, 1.165) is 30.3 Å². The van der Waals surface area contributed by atoms with Crippen LogP contribution in [0.25, 0.3) is 16.6 Å². The Balaban J connectivity index is 1.92. The highest BCUT2D eigenvalue weighted by Gasteiger charge is 2.26. The zero-order valence-electron chi connectivity index (χ0n) is 17.4. The fourth-order valence-corrected chi connectivity index (χ4v) is 4.02. The topological polar surface area (TPSA) is 38.5 Å². The van der Waals surface area contributed by atoms with Crippen molar-refractivity contribution in [2.75, 3.05) is 0 Å². The monoisotopic (exact) mass is 395 g/mol. The fourth-order valence-electron chi connectivity index (χ4n) is 4.02. The highest BCUT2D eigenvalue weighted by atomic mass is 16.1. The molecule has 2 aromatic carbocycles. The van der Waals surface area contributed by atoms with Crippen LogP contribution in [-0.4, -0.2) is 16.0 Å². The molecule has 2 heterocycles. The molecule has 30 heavy (non-hydrogen) atoms. The molecule has 0 aliphatic carbocycles. The lowest BCUT2D eigenvalue weighted by molar-refractivity contribution is 0.101. The number of Topliss-reactive ketones (excluding diaryl/α,β-unsaturated/α-hetero) is 1. The van der Waals surface area contributed by atoms with Gasteiger partial charge in [0.1, 0.15) is 0 Å². The first-order valence-corrected chi connectivity index (χ1v) is 10.4. The molecule has 2 aromatic heterocycles. The average molecular weight is 396 g/mol. The van der Waals surface area contributed by atoms with Crippen LogP contribution in [0.2, 0.25) is 0 Å². The molecule has 150 valence electrons. The molecule has 3 nitrogen and oxygen atoms in total. The van der Waals surface area contributed by atoms with E-state index in [1.54, 1.807) is 6.92 Å². The van der Waals surface area contributed by atoms with Gasteiger partial charge < -0.3 is 4.40 Å². The molecule has 0 N–H and O–H groups in total. The normalized spacial score (nSPS) is 11.0. The summed E-state index contributed by atoms with van der Waals surface area (Å²) in [5.41, 5.74) is 5.32. The minimum atomic E-state index is -0.0657. The first-order valence-electron chi connectivity index (χ1n) is 10.4. The molecule has 0 saturated heterocycles. The summed E-state index contributed by atoms with van der Waals surface area (Å²) >= 11 is 0. The second-order valence-corrected chi connectivity index (χ2v) is 7.61. The summed E-state index contributed by atoms with van der Waals surface area (Å²) in [5, 5.41) is 0. The third-order valence-corrected chi connectivity index (χ3v) is 5.50. The Morgan fingerprint density at radius 2 is 1.57 bits per heavy atom. The zero-order valence-corrected chi connectivity index (χ0v) is 17.4. The second-order valence-electron chi connectivity index (χ2n) is 7.61. The van der Waals surface area contributed by atoms with Crippen LogP contribution < -0.4 is 0 Å². The zero-order chi connectivity index (χ0) is 21.1. The van der Waals surface area contributed by atoms with Gasteiger partial charge >= 0.3 is 0 Å². The Kier molecular flexibility index (Phi) is 5.62. The Hall–Kier alpha value is -3.46. The Morgan fingerprint density at radius 1 is 0.867 bits per heavy atom. The lowest BCUT2D eigenvalue weighted by Crippen LogP contribution is -2.04. The van der Waals surface area contributed by atoms with Crippen LogP contribution in [-0.2, 0) is 6.42 Å². The lowest BCUT2D eigenvalue weighted by Gasteiger charge is -2.08. The number of nitrogens with zero attached hydrogens (tertiary/aromatic N) is 1. The van der Waals surface area contributed by atoms with E-state index >= 15 is 0 Å². The molecule has 0 aliphatic heterocycles. The summed E-state index contributed by atoms with van der Waals surface area (Å²) in [7, 11) is 0. The highest BCUT2D eigenvalue weighted by Crippen LogP contribution is 2.35. The quantitative estimate of drug-likeness (QED) is 0.340. The predicted octanol–water partition coefficient (Wildman–Crippen LogP) is 6.38. The van der Waals surface area contributed by atoms with Crippen LogP contribution in [0.1, 0.15) is 58.7 Å². The fraction of sp³-hybridized carbons (Fsp3) is 0.185. The molecule has 0 atom stereocenters. The number of carbonyl (C=O) groups excluding carboxylic acids is 2. The number of rotatable bonds is 7. The molecule has 0 saturated carbocycles. The van der Waals surface area contributed by atoms with Gasteiger partial charge in [0.15, 0.2) is 11.6 Å². The summed E-state index contributed by atoms with van der Waals surface area (Å²) < 4.78 is 1.84. The summed E-state index contributed by atoms with van der Waals surface area (Å²) in [6, 6.07) is 23.3. The van der Waals surface area contributed by atoms with Gasteiger partial charge in [0.25, 0.3) is 0 Å². The summed E-state index contributed by atoms with van der Waals surface area (Å²) in [4.78, 5) is 26.3. The van der Waals surface area contributed by atoms with Crippen molar-refractivity contribution in [3.63, 3.8) is 0 Å². The van der Waals surface area contributed by atoms with E-state index in [4.69, 9.17) is 0 Å². The number of hydrogen-bond donors (Lipinski definition) is 0. The molecule has 0 radical (unpaired) electrons. The van der Waals surface area contributed by atoms with E-state index in [0.29, 0.717) is 22.4 Å². The van der Waals surface area contributed by atoms with Crippen molar-refractivity contribution < 1.29 is 9.59 Å². The van der Waals surface area contributed by atoms with Crippen LogP contribution in [0.15, 0.2) is 79.0 Å². The number of carbonyl (C=O) groups is 2. The number of aryl methyl sites for hydroxylation is 1. The molecular formula is C27H25NO2. The molecule has 0 fully saturated rings. The first kappa shape index (κ1) is 19.8. The number of fused-ring (bicyclic) bond motifs is 1. The predicted molar refractivity (Wildman–Crippen MR) is 121 cm³/mol. The Labute approximate surface area is 177 Å². The van der Waals surface area contributed by atoms with Crippen molar-refractivity contribution in [3.05, 3.63) is 101 Å². The summed E-state index contributed by atoms with van der Waals surface area (Å²) in [6.45, 7) is 3.73. The van der Waals surface area contributed by atoms with Crippen LogP contribution in [0.3, 0.4) is 0 Å². The molecule has 0 spiro atoms. The van der Waals surface area contributed by atoms with E-state index in [-0.39, 0.29) is 11.6 Å². The SMILES string of the molecule is CCCCc1ccc(C(=O)c2c(-c3ccccc3)c(C(C)=O)n3ccccc23)cc1. The van der Waals surface area contributed by atoms with Crippen molar-refractivity contribution in [1.29, 1.82) is 0 Å². The number of ketones is 2. The van der Waals surface area contributed by atoms with Crippen molar-refractivity contribution in [2.24, 2.45) is 0 Å². The third kappa shape index (κ3) is 3.59. The van der Waals surface area contributed by atoms with Crippen LogP contribution in [0.4, 0.5) is 0 Å². The van der Waals surface area contributed by atoms with Crippen LogP contribution >= 0.6 is 0 Å². The maximum absolute atomic E-state index is 13.7. The molecule has 4 aromatic rings. The molecule has 3 heteroatoms. The number of benzene rings is 2. The lowest BCUT2D eigenvalue weighted by atomic mass is 9.93. The highest BCUT2D eigenvalue weighted by molar-refractivity contribution is 6.20. The van der Waals surface area contributed by atoms with E-state index in [1.165, 1.54) is 5.56 Å². The van der Waals surface area contributed by atoms with Crippen molar-refractivity contribution >= 4 is 17.1 Å². The summed E-state index contributed by atoms with van der Waals surface area (Å²) in [5.74, 6) is -0.129. The van der Waals surface area contributed by atoms with Gasteiger partial charge in [-0.25, -0.2) is 0 Å². The largest absolute Gasteiger partial charge is 0.313 e. The molecule has 0 amide bonds. The maximum Gasteiger partial charge on any atom is 0.195 e. The Bertz CT molecular complexity index is 1200. The number of pyridine rings is 1.